The number of anilines is 2. The molecular weight excluding hydrogens is 416 g/mol. The topological polar surface area (TPSA) is 56.4 Å². The van der Waals surface area contributed by atoms with Gasteiger partial charge in [-0.25, -0.2) is 0 Å². The quantitative estimate of drug-likeness (QED) is 0.554. The molecule has 0 fully saturated rings. The Bertz CT molecular complexity index is 983. The van der Waals surface area contributed by atoms with Crippen LogP contribution in [0.2, 0.25) is 5.02 Å². The minimum Gasteiger partial charge on any atom is -0.372 e. The first-order valence-corrected chi connectivity index (χ1v) is 10.8. The summed E-state index contributed by atoms with van der Waals surface area (Å²) < 4.78 is 0. The minimum absolute atomic E-state index is 0.196. The molecule has 5 nitrogen and oxygen atoms in total. The van der Waals surface area contributed by atoms with E-state index in [2.05, 4.69) is 46.8 Å². The number of carbonyl (C=O) groups excluding carboxylic acids is 1. The van der Waals surface area contributed by atoms with E-state index in [0.717, 1.165) is 35.6 Å². The molecule has 1 atom stereocenters. The lowest BCUT2D eigenvalue weighted by Crippen LogP contribution is -2.45. The third-order valence-electron chi connectivity index (χ3n) is 5.38. The number of rotatable bonds is 6. The van der Waals surface area contributed by atoms with Crippen molar-refractivity contribution in [2.75, 3.05) is 23.3 Å². The molecule has 158 valence electrons. The molecule has 1 amide bonds. The lowest BCUT2D eigenvalue weighted by Gasteiger charge is -2.31. The average Bonchev–Trinajstić information content (AvgIpc) is 2.72. The highest BCUT2D eigenvalue weighted by atomic mass is 35.5. The molecule has 1 aliphatic rings. The molecule has 0 saturated heterocycles. The van der Waals surface area contributed by atoms with E-state index in [1.54, 1.807) is 6.07 Å². The first kappa shape index (κ1) is 22.1. The normalized spacial score (nSPS) is 16.0. The highest BCUT2D eigenvalue weighted by Gasteiger charge is 2.30. The van der Waals surface area contributed by atoms with Crippen molar-refractivity contribution in [2.45, 2.75) is 33.7 Å². The van der Waals surface area contributed by atoms with Crippen LogP contribution in [-0.4, -0.2) is 24.1 Å². The van der Waals surface area contributed by atoms with E-state index in [4.69, 9.17) is 23.8 Å². The van der Waals surface area contributed by atoms with Crippen molar-refractivity contribution < 1.29 is 4.79 Å². The summed E-state index contributed by atoms with van der Waals surface area (Å²) >= 11 is 11.6. The largest absolute Gasteiger partial charge is 0.372 e. The van der Waals surface area contributed by atoms with Crippen LogP contribution in [0.25, 0.3) is 0 Å². The molecule has 0 aliphatic carbocycles. The fourth-order valence-electron chi connectivity index (χ4n) is 3.64. The third kappa shape index (κ3) is 4.60. The van der Waals surface area contributed by atoms with Crippen LogP contribution in [-0.2, 0) is 4.79 Å². The molecule has 2 aromatic carbocycles. The maximum absolute atomic E-state index is 13.3. The number of amides is 1. The molecule has 2 aromatic rings. The number of benzene rings is 2. The summed E-state index contributed by atoms with van der Waals surface area (Å²) in [6.07, 6.45) is 0. The molecule has 1 heterocycles. The number of thiocarbonyl (C=S) groups is 1. The van der Waals surface area contributed by atoms with E-state index in [9.17, 15) is 4.79 Å². The smallest absolute Gasteiger partial charge is 0.255 e. The zero-order chi connectivity index (χ0) is 21.8. The Labute approximate surface area is 188 Å². The monoisotopic (exact) mass is 442 g/mol. The molecule has 0 radical (unpaired) electrons. The van der Waals surface area contributed by atoms with Crippen LogP contribution in [0.3, 0.4) is 0 Å². The SMILES string of the molecule is CCN(CC)c1ccc(C2NC(=S)NC(C)=C2C(=O)Nc2cccc(Cl)c2C)cc1. The van der Waals surface area contributed by atoms with Crippen molar-refractivity contribution in [3.8, 4) is 0 Å². The molecule has 0 aromatic heterocycles. The van der Waals surface area contributed by atoms with E-state index in [1.807, 2.05) is 38.1 Å². The minimum atomic E-state index is -0.344. The zero-order valence-corrected chi connectivity index (χ0v) is 19.2. The van der Waals surface area contributed by atoms with Gasteiger partial charge in [-0.05, 0) is 75.3 Å². The Morgan fingerprint density at radius 3 is 2.43 bits per heavy atom. The fourth-order valence-corrected chi connectivity index (χ4v) is 4.09. The molecule has 1 unspecified atom stereocenters. The Kier molecular flexibility index (Phi) is 7.00. The standard InChI is InChI=1S/C23H27ClN4OS/c1-5-28(6-2)17-12-10-16(11-13-17)21-20(15(4)25-23(30)27-21)22(29)26-19-9-7-8-18(24)14(19)3/h7-13,21H,5-6H2,1-4H3,(H,26,29)(H2,25,27,30). The average molecular weight is 443 g/mol. The molecule has 1 aliphatic heterocycles. The maximum Gasteiger partial charge on any atom is 0.255 e. The summed E-state index contributed by atoms with van der Waals surface area (Å²) in [6.45, 7) is 9.90. The second-order valence-corrected chi connectivity index (χ2v) is 8.02. The molecule has 30 heavy (non-hydrogen) atoms. The highest BCUT2D eigenvalue weighted by molar-refractivity contribution is 7.80. The third-order valence-corrected chi connectivity index (χ3v) is 6.01. The summed E-state index contributed by atoms with van der Waals surface area (Å²) in [5.41, 5.74) is 4.98. The zero-order valence-electron chi connectivity index (χ0n) is 17.7. The Hall–Kier alpha value is -2.57. The predicted octanol–water partition coefficient (Wildman–Crippen LogP) is 4.93. The summed E-state index contributed by atoms with van der Waals surface area (Å²) in [5, 5.41) is 10.4. The molecule has 3 rings (SSSR count). The Morgan fingerprint density at radius 2 is 1.80 bits per heavy atom. The number of carbonyl (C=O) groups is 1. The van der Waals surface area contributed by atoms with Gasteiger partial charge >= 0.3 is 0 Å². The van der Waals surface area contributed by atoms with E-state index in [1.165, 1.54) is 0 Å². The molecule has 0 bridgehead atoms. The summed E-state index contributed by atoms with van der Waals surface area (Å²) in [6, 6.07) is 13.4. The van der Waals surface area contributed by atoms with E-state index in [0.29, 0.717) is 21.4 Å². The maximum atomic E-state index is 13.3. The molecule has 0 saturated carbocycles. The van der Waals surface area contributed by atoms with Gasteiger partial charge in [0.2, 0.25) is 0 Å². The van der Waals surface area contributed by atoms with Crippen LogP contribution in [0.5, 0.6) is 0 Å². The number of nitrogens with zero attached hydrogens (tertiary/aromatic N) is 1. The van der Waals surface area contributed by atoms with Gasteiger partial charge in [-0.3, -0.25) is 4.79 Å². The molecule has 3 N–H and O–H groups in total. The number of halogens is 1. The number of allylic oxidation sites excluding steroid dienone is 1. The van der Waals surface area contributed by atoms with Crippen molar-refractivity contribution in [2.24, 2.45) is 0 Å². The second kappa shape index (κ2) is 9.49. The van der Waals surface area contributed by atoms with Crippen molar-refractivity contribution in [1.82, 2.24) is 10.6 Å². The summed E-state index contributed by atoms with van der Waals surface area (Å²) in [7, 11) is 0. The van der Waals surface area contributed by atoms with Crippen LogP contribution >= 0.6 is 23.8 Å². The van der Waals surface area contributed by atoms with Crippen LogP contribution in [0.15, 0.2) is 53.7 Å². The van der Waals surface area contributed by atoms with Gasteiger partial charge in [0.25, 0.3) is 5.91 Å². The van der Waals surface area contributed by atoms with E-state index in [-0.39, 0.29) is 11.9 Å². The van der Waals surface area contributed by atoms with Gasteiger partial charge in [0.15, 0.2) is 5.11 Å². The van der Waals surface area contributed by atoms with Crippen LogP contribution in [0, 0.1) is 6.92 Å². The van der Waals surface area contributed by atoms with Crippen LogP contribution in [0.4, 0.5) is 11.4 Å². The van der Waals surface area contributed by atoms with Crippen molar-refractivity contribution >= 4 is 46.2 Å². The lowest BCUT2D eigenvalue weighted by molar-refractivity contribution is -0.113. The Balaban J connectivity index is 1.93. The summed E-state index contributed by atoms with van der Waals surface area (Å²) in [4.78, 5) is 15.5. The molecule has 7 heteroatoms. The number of nitrogens with one attached hydrogen (secondary N) is 3. The first-order chi connectivity index (χ1) is 14.3. The van der Waals surface area contributed by atoms with Gasteiger partial charge < -0.3 is 20.9 Å². The lowest BCUT2D eigenvalue weighted by atomic mass is 9.94. The van der Waals surface area contributed by atoms with Crippen molar-refractivity contribution in [3.63, 3.8) is 0 Å². The summed E-state index contributed by atoms with van der Waals surface area (Å²) in [5.74, 6) is -0.196. The van der Waals surface area contributed by atoms with Gasteiger partial charge in [-0.1, -0.05) is 29.8 Å². The van der Waals surface area contributed by atoms with E-state index >= 15 is 0 Å². The Morgan fingerprint density at radius 1 is 1.13 bits per heavy atom. The van der Waals surface area contributed by atoms with Gasteiger partial charge in [0.1, 0.15) is 0 Å². The second-order valence-electron chi connectivity index (χ2n) is 7.20. The number of hydrogen-bond donors (Lipinski definition) is 3. The van der Waals surface area contributed by atoms with Gasteiger partial charge in [-0.15, -0.1) is 0 Å². The van der Waals surface area contributed by atoms with Gasteiger partial charge in [0.05, 0.1) is 11.6 Å². The van der Waals surface area contributed by atoms with Crippen molar-refractivity contribution in [3.05, 3.63) is 69.9 Å². The van der Waals surface area contributed by atoms with Crippen molar-refractivity contribution in [1.29, 1.82) is 0 Å². The van der Waals surface area contributed by atoms with Gasteiger partial charge in [-0.2, -0.15) is 0 Å². The fraction of sp³-hybridized carbons (Fsp3) is 0.304. The van der Waals surface area contributed by atoms with E-state index < -0.39 is 0 Å². The van der Waals surface area contributed by atoms with Crippen LogP contribution in [0.1, 0.15) is 37.9 Å². The highest BCUT2D eigenvalue weighted by Crippen LogP contribution is 2.30. The molecule has 0 spiro atoms. The van der Waals surface area contributed by atoms with Crippen LogP contribution < -0.4 is 20.9 Å². The number of hydrogen-bond acceptors (Lipinski definition) is 3. The first-order valence-electron chi connectivity index (χ1n) is 10.0. The van der Waals surface area contributed by atoms with Gasteiger partial charge in [0, 0.05) is 35.2 Å². The predicted molar refractivity (Wildman–Crippen MR) is 129 cm³/mol. The molecular formula is C23H27ClN4OS.